The highest BCUT2D eigenvalue weighted by Crippen LogP contribution is 2.26. The highest BCUT2D eigenvalue weighted by molar-refractivity contribution is 5.42. The predicted octanol–water partition coefficient (Wildman–Crippen LogP) is 1.71. The Labute approximate surface area is 104 Å². The van der Waals surface area contributed by atoms with Crippen molar-refractivity contribution in [3.05, 3.63) is 29.3 Å². The molecule has 0 bridgehead atoms. The molecule has 1 aliphatic heterocycles. The van der Waals surface area contributed by atoms with Gasteiger partial charge >= 0.3 is 0 Å². The molecule has 94 valence electrons. The largest absolute Gasteiger partial charge is 0.496 e. The van der Waals surface area contributed by atoms with E-state index in [1.165, 1.54) is 11.1 Å². The molecule has 0 spiro atoms. The van der Waals surface area contributed by atoms with Crippen LogP contribution in [-0.4, -0.2) is 25.7 Å². The minimum absolute atomic E-state index is 0.525. The monoisotopic (exact) mass is 234 g/mol. The van der Waals surface area contributed by atoms with Crippen molar-refractivity contribution < 1.29 is 4.74 Å². The zero-order valence-corrected chi connectivity index (χ0v) is 10.9. The average Bonchev–Trinajstić information content (AvgIpc) is 2.35. The van der Waals surface area contributed by atoms with Gasteiger partial charge in [-0.1, -0.05) is 26.0 Å². The fraction of sp³-hybridized carbons (Fsp3) is 0.571. The Morgan fingerprint density at radius 2 is 2.29 bits per heavy atom. The summed E-state index contributed by atoms with van der Waals surface area (Å²) < 4.78 is 5.39. The van der Waals surface area contributed by atoms with Crippen molar-refractivity contribution in [1.29, 1.82) is 0 Å². The van der Waals surface area contributed by atoms with Gasteiger partial charge in [0, 0.05) is 30.7 Å². The quantitative estimate of drug-likeness (QED) is 0.832. The van der Waals surface area contributed by atoms with E-state index in [-0.39, 0.29) is 0 Å². The third-order valence-electron chi connectivity index (χ3n) is 3.26. The Hall–Kier alpha value is -1.06. The van der Waals surface area contributed by atoms with Crippen molar-refractivity contribution in [1.82, 2.24) is 10.6 Å². The summed E-state index contributed by atoms with van der Waals surface area (Å²) >= 11 is 0. The highest BCUT2D eigenvalue weighted by Gasteiger charge is 2.20. The number of methoxy groups -OCH3 is 1. The molecular weight excluding hydrogens is 212 g/mol. The van der Waals surface area contributed by atoms with Gasteiger partial charge in [-0.05, 0) is 18.1 Å². The molecule has 1 aliphatic rings. The predicted molar refractivity (Wildman–Crippen MR) is 70.5 cm³/mol. The number of hydrogen-bond acceptors (Lipinski definition) is 3. The standard InChI is InChI=1S/C14H22N2O/c1-10(2)15-8-12-7-11-5-4-6-14(17-3)13(11)9-16-12/h4-6,10,12,15-16H,7-9H2,1-3H3. The maximum atomic E-state index is 5.39. The molecule has 1 aromatic rings. The molecule has 2 rings (SSSR count). The fourth-order valence-corrected chi connectivity index (χ4v) is 2.30. The van der Waals surface area contributed by atoms with Gasteiger partial charge in [0.1, 0.15) is 5.75 Å². The third kappa shape index (κ3) is 2.99. The summed E-state index contributed by atoms with van der Waals surface area (Å²) in [4.78, 5) is 0. The first-order valence-electron chi connectivity index (χ1n) is 6.32. The van der Waals surface area contributed by atoms with Crippen LogP contribution in [0.3, 0.4) is 0 Å². The van der Waals surface area contributed by atoms with Crippen LogP contribution < -0.4 is 15.4 Å². The number of hydrogen-bond donors (Lipinski definition) is 2. The molecule has 0 aliphatic carbocycles. The Kier molecular flexibility index (Phi) is 4.02. The zero-order valence-electron chi connectivity index (χ0n) is 10.9. The minimum atomic E-state index is 0.525. The van der Waals surface area contributed by atoms with Crippen LogP contribution in [0.4, 0.5) is 0 Å². The molecule has 0 saturated carbocycles. The second kappa shape index (κ2) is 5.52. The van der Waals surface area contributed by atoms with Gasteiger partial charge in [0.15, 0.2) is 0 Å². The molecule has 0 saturated heterocycles. The Bertz CT molecular complexity index is 376. The number of fused-ring (bicyclic) bond motifs is 1. The van der Waals surface area contributed by atoms with E-state index in [4.69, 9.17) is 4.74 Å². The molecule has 0 fully saturated rings. The summed E-state index contributed by atoms with van der Waals surface area (Å²) in [6.45, 7) is 6.29. The van der Waals surface area contributed by atoms with Gasteiger partial charge in [-0.2, -0.15) is 0 Å². The van der Waals surface area contributed by atoms with Gasteiger partial charge in [-0.25, -0.2) is 0 Å². The first kappa shape index (κ1) is 12.4. The molecule has 3 heteroatoms. The summed E-state index contributed by atoms with van der Waals surface area (Å²) in [5, 5.41) is 7.04. The van der Waals surface area contributed by atoms with Gasteiger partial charge < -0.3 is 15.4 Å². The zero-order chi connectivity index (χ0) is 12.3. The molecular formula is C14H22N2O. The van der Waals surface area contributed by atoms with E-state index in [0.717, 1.165) is 25.3 Å². The van der Waals surface area contributed by atoms with Crippen molar-refractivity contribution in [2.24, 2.45) is 0 Å². The van der Waals surface area contributed by atoms with Crippen molar-refractivity contribution >= 4 is 0 Å². The summed E-state index contributed by atoms with van der Waals surface area (Å²) in [7, 11) is 1.74. The lowest BCUT2D eigenvalue weighted by Crippen LogP contribution is -2.44. The first-order chi connectivity index (χ1) is 8.20. The average molecular weight is 234 g/mol. The molecule has 0 aromatic heterocycles. The van der Waals surface area contributed by atoms with E-state index in [2.05, 4.69) is 36.6 Å². The van der Waals surface area contributed by atoms with Crippen LogP contribution in [-0.2, 0) is 13.0 Å². The number of ether oxygens (including phenoxy) is 1. The van der Waals surface area contributed by atoms with Gasteiger partial charge in [0.05, 0.1) is 7.11 Å². The van der Waals surface area contributed by atoms with E-state index in [1.54, 1.807) is 7.11 Å². The number of benzene rings is 1. The lowest BCUT2D eigenvalue weighted by molar-refractivity contribution is 0.388. The van der Waals surface area contributed by atoms with Gasteiger partial charge in [-0.15, -0.1) is 0 Å². The number of rotatable bonds is 4. The van der Waals surface area contributed by atoms with Gasteiger partial charge in [0.2, 0.25) is 0 Å². The molecule has 1 unspecified atom stereocenters. The van der Waals surface area contributed by atoms with Crippen LogP contribution in [0.15, 0.2) is 18.2 Å². The third-order valence-corrected chi connectivity index (χ3v) is 3.26. The van der Waals surface area contributed by atoms with Crippen LogP contribution in [0.2, 0.25) is 0 Å². The summed E-state index contributed by atoms with van der Waals surface area (Å²) in [6.07, 6.45) is 1.08. The topological polar surface area (TPSA) is 33.3 Å². The lowest BCUT2D eigenvalue weighted by Gasteiger charge is -2.28. The molecule has 0 amide bonds. The van der Waals surface area contributed by atoms with E-state index in [0.29, 0.717) is 12.1 Å². The van der Waals surface area contributed by atoms with Crippen LogP contribution in [0.1, 0.15) is 25.0 Å². The Morgan fingerprint density at radius 1 is 1.47 bits per heavy atom. The molecule has 1 atom stereocenters. The van der Waals surface area contributed by atoms with Crippen LogP contribution in [0.5, 0.6) is 5.75 Å². The second-order valence-electron chi connectivity index (χ2n) is 4.94. The Balaban J connectivity index is 2.04. The van der Waals surface area contributed by atoms with Crippen LogP contribution in [0, 0.1) is 0 Å². The van der Waals surface area contributed by atoms with E-state index in [9.17, 15) is 0 Å². The Morgan fingerprint density at radius 3 is 3.00 bits per heavy atom. The maximum absolute atomic E-state index is 5.39. The lowest BCUT2D eigenvalue weighted by atomic mass is 9.95. The van der Waals surface area contributed by atoms with Gasteiger partial charge in [0.25, 0.3) is 0 Å². The maximum Gasteiger partial charge on any atom is 0.123 e. The van der Waals surface area contributed by atoms with Crippen molar-refractivity contribution in [3.63, 3.8) is 0 Å². The van der Waals surface area contributed by atoms with Crippen LogP contribution >= 0.6 is 0 Å². The smallest absolute Gasteiger partial charge is 0.123 e. The molecule has 0 radical (unpaired) electrons. The summed E-state index contributed by atoms with van der Waals surface area (Å²) in [6, 6.07) is 7.39. The highest BCUT2D eigenvalue weighted by atomic mass is 16.5. The first-order valence-corrected chi connectivity index (χ1v) is 6.32. The minimum Gasteiger partial charge on any atom is -0.496 e. The SMILES string of the molecule is COc1cccc2c1CNC(CNC(C)C)C2. The summed E-state index contributed by atoms with van der Waals surface area (Å²) in [5.74, 6) is 1.00. The van der Waals surface area contributed by atoms with Crippen molar-refractivity contribution in [2.75, 3.05) is 13.7 Å². The normalized spacial score (nSPS) is 19.2. The fourth-order valence-electron chi connectivity index (χ4n) is 2.30. The van der Waals surface area contributed by atoms with Crippen LogP contribution in [0.25, 0.3) is 0 Å². The molecule has 1 aromatic carbocycles. The van der Waals surface area contributed by atoms with E-state index in [1.807, 2.05) is 6.07 Å². The van der Waals surface area contributed by atoms with Crippen molar-refractivity contribution in [2.45, 2.75) is 38.9 Å². The van der Waals surface area contributed by atoms with E-state index >= 15 is 0 Å². The second-order valence-corrected chi connectivity index (χ2v) is 4.94. The molecule has 1 heterocycles. The molecule has 3 nitrogen and oxygen atoms in total. The summed E-state index contributed by atoms with van der Waals surface area (Å²) in [5.41, 5.74) is 2.73. The number of nitrogens with one attached hydrogen (secondary N) is 2. The molecule has 2 N–H and O–H groups in total. The van der Waals surface area contributed by atoms with E-state index < -0.39 is 0 Å². The van der Waals surface area contributed by atoms with Crippen molar-refractivity contribution in [3.8, 4) is 5.75 Å². The molecule has 17 heavy (non-hydrogen) atoms. The van der Waals surface area contributed by atoms with Gasteiger partial charge in [-0.3, -0.25) is 0 Å².